The summed E-state index contributed by atoms with van der Waals surface area (Å²) in [6.07, 6.45) is 1.82. The zero-order valence-corrected chi connectivity index (χ0v) is 21.2. The maximum atomic E-state index is 13.0. The number of nitrogens with zero attached hydrogens (tertiary/aromatic N) is 3. The molecule has 0 bridgehead atoms. The van der Waals surface area contributed by atoms with Gasteiger partial charge in [-0.2, -0.15) is 0 Å². The van der Waals surface area contributed by atoms with E-state index in [4.69, 9.17) is 19.2 Å². The quantitative estimate of drug-likeness (QED) is 0.342. The van der Waals surface area contributed by atoms with Crippen LogP contribution >= 0.6 is 0 Å². The van der Waals surface area contributed by atoms with Crippen molar-refractivity contribution in [1.29, 1.82) is 0 Å². The third kappa shape index (κ3) is 5.48. The maximum Gasteiger partial charge on any atom is 0.321 e. The fourth-order valence-corrected chi connectivity index (χ4v) is 4.86. The number of carbonyl (C=O) groups is 1. The number of anilines is 1. The second kappa shape index (κ2) is 11.2. The second-order valence-corrected chi connectivity index (χ2v) is 9.13. The molecule has 0 spiro atoms. The van der Waals surface area contributed by atoms with E-state index in [0.29, 0.717) is 42.8 Å². The van der Waals surface area contributed by atoms with Crippen LogP contribution in [0.4, 0.5) is 10.5 Å². The van der Waals surface area contributed by atoms with Crippen LogP contribution in [0.3, 0.4) is 0 Å². The van der Waals surface area contributed by atoms with E-state index in [1.165, 1.54) is 0 Å². The molecule has 5 rings (SSSR count). The van der Waals surface area contributed by atoms with Crippen LogP contribution in [0, 0.1) is 5.92 Å². The van der Waals surface area contributed by atoms with Crippen LogP contribution in [-0.2, 0) is 13.2 Å². The Balaban J connectivity index is 1.23. The van der Waals surface area contributed by atoms with Crippen molar-refractivity contribution in [2.24, 2.45) is 5.92 Å². The summed E-state index contributed by atoms with van der Waals surface area (Å²) in [7, 11) is 3.15. The van der Waals surface area contributed by atoms with Crippen LogP contribution in [0.2, 0.25) is 0 Å². The van der Waals surface area contributed by atoms with Crippen molar-refractivity contribution in [2.75, 3.05) is 32.6 Å². The lowest BCUT2D eigenvalue weighted by Crippen LogP contribution is -2.41. The molecule has 1 aliphatic rings. The van der Waals surface area contributed by atoms with Gasteiger partial charge in [-0.05, 0) is 55.2 Å². The monoisotopic (exact) mass is 500 g/mol. The topological polar surface area (TPSA) is 77.9 Å². The molecule has 4 aromatic rings. The number of ether oxygens (including phenoxy) is 3. The van der Waals surface area contributed by atoms with Crippen molar-refractivity contribution >= 4 is 22.8 Å². The smallest absolute Gasteiger partial charge is 0.321 e. The minimum Gasteiger partial charge on any atom is -0.493 e. The van der Waals surface area contributed by atoms with Gasteiger partial charge in [-0.15, -0.1) is 0 Å². The Hall–Kier alpha value is -4.20. The Bertz CT molecular complexity index is 1350. The van der Waals surface area contributed by atoms with E-state index in [0.717, 1.165) is 42.0 Å². The highest BCUT2D eigenvalue weighted by atomic mass is 16.5. The first-order valence-corrected chi connectivity index (χ1v) is 12.5. The molecule has 0 unspecified atom stereocenters. The van der Waals surface area contributed by atoms with Crippen molar-refractivity contribution in [1.82, 2.24) is 14.5 Å². The lowest BCUT2D eigenvalue weighted by molar-refractivity contribution is 0.176. The number of piperidine rings is 1. The number of urea groups is 1. The Morgan fingerprint density at radius 1 is 0.946 bits per heavy atom. The number of para-hydroxylation sites is 4. The summed E-state index contributed by atoms with van der Waals surface area (Å²) >= 11 is 0. The minimum atomic E-state index is -0.130. The molecular formula is C29H32N4O4. The Morgan fingerprint density at radius 3 is 2.46 bits per heavy atom. The summed E-state index contributed by atoms with van der Waals surface area (Å²) in [6, 6.07) is 23.3. The highest BCUT2D eigenvalue weighted by molar-refractivity contribution is 5.91. The average molecular weight is 501 g/mol. The molecule has 8 heteroatoms. The van der Waals surface area contributed by atoms with Crippen LogP contribution in [0.5, 0.6) is 17.2 Å². The summed E-state index contributed by atoms with van der Waals surface area (Å²) in [5.74, 6) is 3.27. The van der Waals surface area contributed by atoms with Gasteiger partial charge in [0.1, 0.15) is 18.2 Å². The number of hydrogen-bond donors (Lipinski definition) is 1. The molecule has 1 aromatic heterocycles. The van der Waals surface area contributed by atoms with Crippen molar-refractivity contribution in [3.05, 3.63) is 78.6 Å². The summed E-state index contributed by atoms with van der Waals surface area (Å²) in [4.78, 5) is 19.7. The highest BCUT2D eigenvalue weighted by Gasteiger charge is 2.25. The van der Waals surface area contributed by atoms with Crippen LogP contribution in [0.25, 0.3) is 11.0 Å². The number of imidazole rings is 1. The lowest BCUT2D eigenvalue weighted by atomic mass is 9.96. The third-order valence-electron chi connectivity index (χ3n) is 6.83. The Kier molecular flexibility index (Phi) is 7.44. The lowest BCUT2D eigenvalue weighted by Gasteiger charge is -2.32. The molecule has 0 saturated carbocycles. The van der Waals surface area contributed by atoms with Gasteiger partial charge in [0, 0.05) is 19.6 Å². The number of amides is 2. The predicted octanol–water partition coefficient (Wildman–Crippen LogP) is 5.58. The van der Waals surface area contributed by atoms with E-state index in [1.54, 1.807) is 20.3 Å². The fraction of sp³-hybridized carbons (Fsp3) is 0.310. The number of rotatable bonds is 8. The number of hydrogen-bond acceptors (Lipinski definition) is 5. The van der Waals surface area contributed by atoms with Crippen LogP contribution in [0.1, 0.15) is 18.7 Å². The average Bonchev–Trinajstić information content (AvgIpc) is 3.29. The number of nitrogens with one attached hydrogen (secondary N) is 1. The molecule has 3 aromatic carbocycles. The molecule has 1 aliphatic heterocycles. The summed E-state index contributed by atoms with van der Waals surface area (Å²) in [6.45, 7) is 2.62. The van der Waals surface area contributed by atoms with Crippen LogP contribution in [-0.4, -0.2) is 47.8 Å². The largest absolute Gasteiger partial charge is 0.493 e. The van der Waals surface area contributed by atoms with E-state index >= 15 is 0 Å². The first-order chi connectivity index (χ1) is 18.2. The number of carbonyl (C=O) groups excluding carboxylic acids is 1. The number of methoxy groups -OCH3 is 2. The Morgan fingerprint density at radius 2 is 1.70 bits per heavy atom. The SMILES string of the molecule is COc1cccc(NC(=O)N2CCC(Cn3c(COc4ccccc4)nc4ccccc43)CC2)c1OC. The van der Waals surface area contributed by atoms with Gasteiger partial charge in [-0.25, -0.2) is 9.78 Å². The third-order valence-corrected chi connectivity index (χ3v) is 6.83. The van der Waals surface area contributed by atoms with Crippen LogP contribution in [0.15, 0.2) is 72.8 Å². The van der Waals surface area contributed by atoms with Gasteiger partial charge >= 0.3 is 6.03 Å². The molecular weight excluding hydrogens is 468 g/mol. The first kappa shape index (κ1) is 24.5. The van der Waals surface area contributed by atoms with Crippen molar-refractivity contribution in [3.63, 3.8) is 0 Å². The van der Waals surface area contributed by atoms with Gasteiger partial charge in [0.15, 0.2) is 11.5 Å². The van der Waals surface area contributed by atoms with Gasteiger partial charge in [-0.3, -0.25) is 0 Å². The normalized spacial score (nSPS) is 13.9. The molecule has 2 amide bonds. The highest BCUT2D eigenvalue weighted by Crippen LogP contribution is 2.35. The molecule has 0 radical (unpaired) electrons. The van der Waals surface area contributed by atoms with E-state index in [2.05, 4.69) is 16.0 Å². The zero-order chi connectivity index (χ0) is 25.6. The standard InChI is InChI=1S/C29H32N4O4/c1-35-26-14-8-12-24(28(26)36-2)31-29(34)32-17-15-21(16-18-32)19-33-25-13-7-6-11-23(25)30-27(33)20-37-22-9-4-3-5-10-22/h3-14,21H,15-20H2,1-2H3,(H,31,34). The fourth-order valence-electron chi connectivity index (χ4n) is 4.86. The number of aromatic nitrogens is 2. The Labute approximate surface area is 216 Å². The van der Waals surface area contributed by atoms with Crippen LogP contribution < -0.4 is 19.5 Å². The number of likely N-dealkylation sites (tertiary alicyclic amines) is 1. The van der Waals surface area contributed by atoms with E-state index < -0.39 is 0 Å². The van der Waals surface area contributed by atoms with Gasteiger partial charge in [0.25, 0.3) is 0 Å². The van der Waals surface area contributed by atoms with E-state index in [1.807, 2.05) is 65.6 Å². The summed E-state index contributed by atoms with van der Waals surface area (Å²) < 4.78 is 19.1. The van der Waals surface area contributed by atoms with Gasteiger partial charge in [0.05, 0.1) is 30.9 Å². The van der Waals surface area contributed by atoms with Crippen molar-refractivity contribution in [3.8, 4) is 17.2 Å². The minimum absolute atomic E-state index is 0.130. The molecule has 2 heterocycles. The van der Waals surface area contributed by atoms with Gasteiger partial charge in [0.2, 0.25) is 0 Å². The molecule has 8 nitrogen and oxygen atoms in total. The molecule has 1 fully saturated rings. The van der Waals surface area contributed by atoms with Gasteiger partial charge < -0.3 is 29.0 Å². The molecule has 37 heavy (non-hydrogen) atoms. The first-order valence-electron chi connectivity index (χ1n) is 12.5. The second-order valence-electron chi connectivity index (χ2n) is 9.13. The van der Waals surface area contributed by atoms with Crippen molar-refractivity contribution < 1.29 is 19.0 Å². The summed E-state index contributed by atoms with van der Waals surface area (Å²) in [5, 5.41) is 2.98. The number of fused-ring (bicyclic) bond motifs is 1. The molecule has 1 saturated heterocycles. The maximum absolute atomic E-state index is 13.0. The van der Waals surface area contributed by atoms with E-state index in [9.17, 15) is 4.79 Å². The van der Waals surface area contributed by atoms with Crippen molar-refractivity contribution in [2.45, 2.75) is 26.0 Å². The molecule has 1 N–H and O–H groups in total. The molecule has 192 valence electrons. The molecule has 0 aliphatic carbocycles. The van der Waals surface area contributed by atoms with E-state index in [-0.39, 0.29) is 6.03 Å². The zero-order valence-electron chi connectivity index (χ0n) is 21.2. The molecule has 0 atom stereocenters. The van der Waals surface area contributed by atoms with Gasteiger partial charge in [-0.1, -0.05) is 36.4 Å². The number of benzene rings is 3. The predicted molar refractivity (Wildman–Crippen MR) is 143 cm³/mol. The summed E-state index contributed by atoms with van der Waals surface area (Å²) in [5.41, 5.74) is 2.68.